The van der Waals surface area contributed by atoms with E-state index in [4.69, 9.17) is 0 Å². The summed E-state index contributed by atoms with van der Waals surface area (Å²) in [5, 5.41) is 9.65. The zero-order valence-electron chi connectivity index (χ0n) is 16.4. The molecular formula is C21H26N2O4S. The van der Waals surface area contributed by atoms with Gasteiger partial charge in [0.1, 0.15) is 0 Å². The monoisotopic (exact) mass is 402 g/mol. The van der Waals surface area contributed by atoms with E-state index in [2.05, 4.69) is 16.5 Å². The van der Waals surface area contributed by atoms with Gasteiger partial charge in [-0.15, -0.1) is 0 Å². The van der Waals surface area contributed by atoms with Crippen molar-refractivity contribution in [2.75, 3.05) is 22.7 Å². The Bertz CT molecular complexity index is 1000. The van der Waals surface area contributed by atoms with Crippen LogP contribution in [0.5, 0.6) is 0 Å². The number of aryl methyl sites for hydroxylation is 2. The SMILES string of the molecule is Cc1ccc(C)c(S(=O)(=O)Nc2ccc(N3CCCC(C)C3)cc2C(=O)O)c1. The molecule has 2 N–H and O–H groups in total. The Morgan fingerprint density at radius 1 is 1.18 bits per heavy atom. The van der Waals surface area contributed by atoms with E-state index < -0.39 is 16.0 Å². The first kappa shape index (κ1) is 20.2. The number of piperidine rings is 1. The zero-order chi connectivity index (χ0) is 20.5. The van der Waals surface area contributed by atoms with Crippen LogP contribution in [0.3, 0.4) is 0 Å². The van der Waals surface area contributed by atoms with Crippen molar-refractivity contribution in [3.8, 4) is 0 Å². The van der Waals surface area contributed by atoms with Gasteiger partial charge in [0, 0.05) is 18.8 Å². The van der Waals surface area contributed by atoms with Crippen LogP contribution >= 0.6 is 0 Å². The lowest BCUT2D eigenvalue weighted by Crippen LogP contribution is -2.34. The third kappa shape index (κ3) is 4.30. The molecule has 1 unspecified atom stereocenters. The van der Waals surface area contributed by atoms with E-state index in [0.717, 1.165) is 37.2 Å². The van der Waals surface area contributed by atoms with Gasteiger partial charge in [0.25, 0.3) is 10.0 Å². The van der Waals surface area contributed by atoms with Crippen LogP contribution in [0.4, 0.5) is 11.4 Å². The molecule has 1 fully saturated rings. The number of hydrogen-bond donors (Lipinski definition) is 2. The average molecular weight is 403 g/mol. The Morgan fingerprint density at radius 3 is 2.61 bits per heavy atom. The zero-order valence-corrected chi connectivity index (χ0v) is 17.2. The van der Waals surface area contributed by atoms with Crippen LogP contribution in [0.25, 0.3) is 0 Å². The van der Waals surface area contributed by atoms with Gasteiger partial charge in [-0.05, 0) is 68.0 Å². The summed E-state index contributed by atoms with van der Waals surface area (Å²) in [4.78, 5) is 14.1. The first-order chi connectivity index (χ1) is 13.2. The van der Waals surface area contributed by atoms with Gasteiger partial charge < -0.3 is 10.0 Å². The first-order valence-electron chi connectivity index (χ1n) is 9.40. The third-order valence-corrected chi connectivity index (χ3v) is 6.64. The van der Waals surface area contributed by atoms with Crippen LogP contribution in [0.1, 0.15) is 41.3 Å². The Kier molecular flexibility index (Phi) is 5.65. The predicted molar refractivity (Wildman–Crippen MR) is 111 cm³/mol. The summed E-state index contributed by atoms with van der Waals surface area (Å²) < 4.78 is 28.2. The minimum atomic E-state index is -3.90. The molecule has 6 nitrogen and oxygen atoms in total. The number of carboxylic acids is 1. The van der Waals surface area contributed by atoms with Crippen LogP contribution in [0, 0.1) is 19.8 Å². The molecule has 28 heavy (non-hydrogen) atoms. The highest BCUT2D eigenvalue weighted by molar-refractivity contribution is 7.92. The van der Waals surface area contributed by atoms with Crippen molar-refractivity contribution in [1.82, 2.24) is 0 Å². The van der Waals surface area contributed by atoms with Gasteiger partial charge in [-0.2, -0.15) is 0 Å². The molecule has 7 heteroatoms. The van der Waals surface area contributed by atoms with Crippen LogP contribution in [-0.2, 0) is 10.0 Å². The minimum Gasteiger partial charge on any atom is -0.478 e. The number of nitrogens with zero attached hydrogens (tertiary/aromatic N) is 1. The molecule has 0 bridgehead atoms. The molecule has 1 atom stereocenters. The summed E-state index contributed by atoms with van der Waals surface area (Å²) in [7, 11) is -3.90. The fourth-order valence-corrected chi connectivity index (χ4v) is 5.03. The molecule has 150 valence electrons. The smallest absolute Gasteiger partial charge is 0.337 e. The molecule has 0 aromatic heterocycles. The van der Waals surface area contributed by atoms with E-state index >= 15 is 0 Å². The highest BCUT2D eigenvalue weighted by Crippen LogP contribution is 2.29. The number of hydrogen-bond acceptors (Lipinski definition) is 4. The molecule has 0 spiro atoms. The number of benzene rings is 2. The van der Waals surface area contributed by atoms with Gasteiger partial charge in [-0.3, -0.25) is 4.72 Å². The second-order valence-electron chi connectivity index (χ2n) is 7.60. The lowest BCUT2D eigenvalue weighted by molar-refractivity contribution is 0.0698. The Balaban J connectivity index is 1.95. The van der Waals surface area contributed by atoms with Crippen molar-refractivity contribution in [2.24, 2.45) is 5.92 Å². The number of rotatable bonds is 5. The number of sulfonamides is 1. The summed E-state index contributed by atoms with van der Waals surface area (Å²) in [5.41, 5.74) is 2.25. The van der Waals surface area contributed by atoms with E-state index in [-0.39, 0.29) is 16.1 Å². The summed E-state index contributed by atoms with van der Waals surface area (Å²) in [6.45, 7) is 7.45. The average Bonchev–Trinajstić information content (AvgIpc) is 2.63. The third-order valence-electron chi connectivity index (χ3n) is 5.13. The van der Waals surface area contributed by atoms with Crippen LogP contribution in [0.15, 0.2) is 41.3 Å². The highest BCUT2D eigenvalue weighted by Gasteiger charge is 2.23. The van der Waals surface area contributed by atoms with Crippen molar-refractivity contribution in [1.29, 1.82) is 0 Å². The van der Waals surface area contributed by atoms with Crippen molar-refractivity contribution < 1.29 is 18.3 Å². The standard InChI is InChI=1S/C21H26N2O4S/c1-14-6-7-16(3)20(11-14)28(26,27)22-19-9-8-17(12-18(19)21(24)25)23-10-4-5-15(2)13-23/h6-9,11-12,15,22H,4-5,10,13H2,1-3H3,(H,24,25). The Hall–Kier alpha value is -2.54. The molecular weight excluding hydrogens is 376 g/mol. The fourth-order valence-electron chi connectivity index (χ4n) is 3.62. The number of aromatic carboxylic acids is 1. The normalized spacial score (nSPS) is 17.4. The van der Waals surface area contributed by atoms with Crippen molar-refractivity contribution in [3.63, 3.8) is 0 Å². The summed E-state index contributed by atoms with van der Waals surface area (Å²) in [6.07, 6.45) is 2.22. The molecule has 2 aromatic rings. The summed E-state index contributed by atoms with van der Waals surface area (Å²) >= 11 is 0. The van der Waals surface area contributed by atoms with E-state index in [0.29, 0.717) is 11.5 Å². The van der Waals surface area contributed by atoms with Crippen LogP contribution in [-0.4, -0.2) is 32.6 Å². The number of carboxylic acid groups (broad SMARTS) is 1. The molecule has 0 saturated carbocycles. The lowest BCUT2D eigenvalue weighted by atomic mass is 9.99. The molecule has 2 aromatic carbocycles. The van der Waals surface area contributed by atoms with E-state index in [1.165, 1.54) is 0 Å². The number of nitrogens with one attached hydrogen (secondary N) is 1. The molecule has 0 amide bonds. The van der Waals surface area contributed by atoms with Gasteiger partial charge in [-0.25, -0.2) is 13.2 Å². The summed E-state index contributed by atoms with van der Waals surface area (Å²) in [5.74, 6) is -0.616. The maximum Gasteiger partial charge on any atom is 0.337 e. The quantitative estimate of drug-likeness (QED) is 0.788. The van der Waals surface area contributed by atoms with E-state index in [9.17, 15) is 18.3 Å². The fraction of sp³-hybridized carbons (Fsp3) is 0.381. The summed E-state index contributed by atoms with van der Waals surface area (Å²) in [6, 6.07) is 10.0. The molecule has 3 rings (SSSR count). The van der Waals surface area contributed by atoms with Gasteiger partial charge >= 0.3 is 5.97 Å². The second kappa shape index (κ2) is 7.83. The lowest BCUT2D eigenvalue weighted by Gasteiger charge is -2.33. The van der Waals surface area contributed by atoms with Gasteiger partial charge in [-0.1, -0.05) is 19.1 Å². The molecule has 1 saturated heterocycles. The predicted octanol–water partition coefficient (Wildman–Crippen LogP) is 4.04. The maximum absolute atomic E-state index is 12.9. The molecule has 1 aliphatic rings. The first-order valence-corrected chi connectivity index (χ1v) is 10.9. The van der Waals surface area contributed by atoms with Crippen LogP contribution in [0.2, 0.25) is 0 Å². The Labute approximate surface area is 166 Å². The number of anilines is 2. The molecule has 0 radical (unpaired) electrons. The van der Waals surface area contributed by atoms with Crippen LogP contribution < -0.4 is 9.62 Å². The van der Waals surface area contributed by atoms with E-state index in [1.807, 2.05) is 13.0 Å². The van der Waals surface area contributed by atoms with Gasteiger partial charge in [0.15, 0.2) is 0 Å². The molecule has 0 aliphatic carbocycles. The topological polar surface area (TPSA) is 86.7 Å². The second-order valence-corrected chi connectivity index (χ2v) is 9.25. The van der Waals surface area contributed by atoms with Crippen molar-refractivity contribution in [3.05, 3.63) is 53.1 Å². The molecule has 1 aliphatic heterocycles. The largest absolute Gasteiger partial charge is 0.478 e. The van der Waals surface area contributed by atoms with E-state index in [1.54, 1.807) is 37.3 Å². The van der Waals surface area contributed by atoms with Gasteiger partial charge in [0.2, 0.25) is 0 Å². The van der Waals surface area contributed by atoms with Crippen molar-refractivity contribution >= 4 is 27.4 Å². The Morgan fingerprint density at radius 2 is 1.93 bits per heavy atom. The maximum atomic E-state index is 12.9. The van der Waals surface area contributed by atoms with Crippen molar-refractivity contribution in [2.45, 2.75) is 38.5 Å². The minimum absolute atomic E-state index is 0.0513. The molecule has 1 heterocycles. The van der Waals surface area contributed by atoms with Gasteiger partial charge in [0.05, 0.1) is 16.1 Å². The highest BCUT2D eigenvalue weighted by atomic mass is 32.2. The number of carbonyl (C=O) groups is 1.